The molecule has 28 heavy (non-hydrogen) atoms. The Labute approximate surface area is 166 Å². The molecule has 3 N–H and O–H groups in total. The van der Waals surface area contributed by atoms with Gasteiger partial charge in [0.15, 0.2) is 5.60 Å². The lowest BCUT2D eigenvalue weighted by atomic mass is 9.87. The predicted octanol–water partition coefficient (Wildman–Crippen LogP) is 2.02. The molecular formula is C20H19ClN2O5. The van der Waals surface area contributed by atoms with Crippen molar-refractivity contribution in [3.05, 3.63) is 63.4 Å². The maximum Gasteiger partial charge on any atom is 0.340 e. The molecule has 0 radical (unpaired) electrons. The molecule has 1 aromatic carbocycles. The van der Waals surface area contributed by atoms with E-state index in [0.29, 0.717) is 11.4 Å². The SMILES string of the molecule is CC[C@@](O)(C(=O)O)c1cc2n(c(=O)c1CO)Cc1cc3ccccc3nc1-2.Cl. The summed E-state index contributed by atoms with van der Waals surface area (Å²) in [5.74, 6) is -1.46. The fraction of sp³-hybridized carbons (Fsp3) is 0.250. The van der Waals surface area contributed by atoms with Crippen LogP contribution in [0.2, 0.25) is 0 Å². The minimum atomic E-state index is -2.26. The first-order chi connectivity index (χ1) is 12.9. The standard InChI is InChI=1S/C20H18N2O5.ClH/c1-2-20(27,19(25)26)14-8-16-17-12(9-22(16)18(24)13(14)10-23)7-11-5-3-4-6-15(11)21-17;/h3-8,23,27H,2,9-10H2,1H3,(H,25,26);1H/t20-;/m0./s1. The Bertz CT molecular complexity index is 1160. The van der Waals surface area contributed by atoms with Crippen molar-refractivity contribution in [1.29, 1.82) is 0 Å². The van der Waals surface area contributed by atoms with Crippen molar-refractivity contribution in [1.82, 2.24) is 9.55 Å². The van der Waals surface area contributed by atoms with Crippen molar-refractivity contribution in [2.75, 3.05) is 0 Å². The second-order valence-electron chi connectivity index (χ2n) is 6.68. The number of pyridine rings is 2. The van der Waals surface area contributed by atoms with Gasteiger partial charge in [-0.2, -0.15) is 0 Å². The van der Waals surface area contributed by atoms with Crippen LogP contribution in [0.15, 0.2) is 41.2 Å². The number of aromatic nitrogens is 2. The number of carboxylic acid groups (broad SMARTS) is 1. The number of hydrogen-bond acceptors (Lipinski definition) is 5. The van der Waals surface area contributed by atoms with E-state index in [0.717, 1.165) is 16.5 Å². The number of aliphatic carboxylic acids is 1. The Morgan fingerprint density at radius 2 is 2.00 bits per heavy atom. The molecule has 0 spiro atoms. The Kier molecular flexibility index (Phi) is 5.01. The highest BCUT2D eigenvalue weighted by Gasteiger charge is 2.40. The molecular weight excluding hydrogens is 384 g/mol. The fourth-order valence-corrected chi connectivity index (χ4v) is 3.69. The molecule has 1 aliphatic heterocycles. The molecule has 0 unspecified atom stereocenters. The number of fused-ring (bicyclic) bond motifs is 4. The Morgan fingerprint density at radius 1 is 1.29 bits per heavy atom. The number of carbonyl (C=O) groups is 1. The summed E-state index contributed by atoms with van der Waals surface area (Å²) >= 11 is 0. The molecule has 2 aromatic heterocycles. The molecule has 1 aliphatic rings. The molecule has 3 heterocycles. The highest BCUT2D eigenvalue weighted by Crippen LogP contribution is 2.36. The van der Waals surface area contributed by atoms with E-state index in [4.69, 9.17) is 0 Å². The zero-order valence-electron chi connectivity index (χ0n) is 15.0. The van der Waals surface area contributed by atoms with Gasteiger partial charge in [0.2, 0.25) is 0 Å². The van der Waals surface area contributed by atoms with E-state index in [1.165, 1.54) is 17.6 Å². The van der Waals surface area contributed by atoms with Crippen LogP contribution >= 0.6 is 12.4 Å². The van der Waals surface area contributed by atoms with Gasteiger partial charge in [0, 0.05) is 22.1 Å². The van der Waals surface area contributed by atoms with Gasteiger partial charge in [-0.15, -0.1) is 12.4 Å². The lowest BCUT2D eigenvalue weighted by molar-refractivity contribution is -0.160. The summed E-state index contributed by atoms with van der Waals surface area (Å²) in [6.07, 6.45) is -0.143. The third-order valence-electron chi connectivity index (χ3n) is 5.24. The van der Waals surface area contributed by atoms with Gasteiger partial charge in [-0.25, -0.2) is 9.78 Å². The largest absolute Gasteiger partial charge is 0.479 e. The molecule has 0 saturated carbocycles. The number of para-hydroxylation sites is 1. The van der Waals surface area contributed by atoms with Gasteiger partial charge in [-0.3, -0.25) is 4.79 Å². The van der Waals surface area contributed by atoms with Crippen LogP contribution in [0.25, 0.3) is 22.3 Å². The van der Waals surface area contributed by atoms with Crippen molar-refractivity contribution >= 4 is 29.3 Å². The number of hydrogen-bond donors (Lipinski definition) is 3. The van der Waals surface area contributed by atoms with Crippen LogP contribution in [0.3, 0.4) is 0 Å². The molecule has 4 rings (SSSR count). The van der Waals surface area contributed by atoms with E-state index in [1.807, 2.05) is 30.3 Å². The number of carboxylic acids is 1. The van der Waals surface area contributed by atoms with Gasteiger partial charge < -0.3 is 19.9 Å². The van der Waals surface area contributed by atoms with Crippen LogP contribution in [0.1, 0.15) is 30.0 Å². The van der Waals surface area contributed by atoms with Gasteiger partial charge in [0.1, 0.15) is 0 Å². The molecule has 8 heteroatoms. The highest BCUT2D eigenvalue weighted by molar-refractivity contribution is 5.85. The molecule has 1 atom stereocenters. The molecule has 146 valence electrons. The van der Waals surface area contributed by atoms with Crippen molar-refractivity contribution in [2.45, 2.75) is 32.1 Å². The van der Waals surface area contributed by atoms with E-state index in [1.54, 1.807) is 0 Å². The summed E-state index contributed by atoms with van der Waals surface area (Å²) in [4.78, 5) is 29.3. The van der Waals surface area contributed by atoms with E-state index in [-0.39, 0.29) is 36.5 Å². The van der Waals surface area contributed by atoms with Gasteiger partial charge in [-0.1, -0.05) is 25.1 Å². The zero-order chi connectivity index (χ0) is 19.3. The van der Waals surface area contributed by atoms with E-state index in [9.17, 15) is 24.9 Å². The number of aliphatic hydroxyl groups is 2. The first-order valence-electron chi connectivity index (χ1n) is 8.63. The Balaban J connectivity index is 0.00000225. The molecule has 0 amide bonds. The predicted molar refractivity (Wildman–Crippen MR) is 106 cm³/mol. The summed E-state index contributed by atoms with van der Waals surface area (Å²) in [5, 5.41) is 30.9. The smallest absolute Gasteiger partial charge is 0.340 e. The number of benzene rings is 1. The molecule has 3 aromatic rings. The summed E-state index contributed by atoms with van der Waals surface area (Å²) in [6, 6.07) is 11.0. The lowest BCUT2D eigenvalue weighted by Gasteiger charge is -2.25. The number of nitrogens with zero attached hydrogens (tertiary/aromatic N) is 2. The quantitative estimate of drug-likeness (QED) is 0.481. The van der Waals surface area contributed by atoms with Crippen LogP contribution in [0.4, 0.5) is 0 Å². The van der Waals surface area contributed by atoms with E-state index >= 15 is 0 Å². The van der Waals surface area contributed by atoms with E-state index < -0.39 is 23.7 Å². The monoisotopic (exact) mass is 402 g/mol. The molecule has 0 saturated heterocycles. The lowest BCUT2D eigenvalue weighted by Crippen LogP contribution is -2.39. The number of halogens is 1. The van der Waals surface area contributed by atoms with Crippen LogP contribution in [0, 0.1) is 0 Å². The van der Waals surface area contributed by atoms with Gasteiger partial charge >= 0.3 is 5.97 Å². The average Bonchev–Trinajstić information content (AvgIpc) is 3.03. The normalized spacial score (nSPS) is 14.1. The summed E-state index contributed by atoms with van der Waals surface area (Å²) in [6.45, 7) is 1.14. The molecule has 0 fully saturated rings. The van der Waals surface area contributed by atoms with Crippen molar-refractivity contribution in [3.63, 3.8) is 0 Å². The average molecular weight is 403 g/mol. The maximum absolute atomic E-state index is 12.9. The topological polar surface area (TPSA) is 113 Å². The van der Waals surface area contributed by atoms with E-state index in [2.05, 4.69) is 4.98 Å². The second kappa shape index (κ2) is 7.01. The van der Waals surface area contributed by atoms with Gasteiger partial charge in [0.25, 0.3) is 5.56 Å². The third-order valence-corrected chi connectivity index (χ3v) is 5.24. The van der Waals surface area contributed by atoms with Crippen LogP contribution in [0.5, 0.6) is 0 Å². The molecule has 7 nitrogen and oxygen atoms in total. The van der Waals surface area contributed by atoms with Crippen LogP contribution in [-0.4, -0.2) is 30.8 Å². The minimum Gasteiger partial charge on any atom is -0.479 e. The Morgan fingerprint density at radius 3 is 2.64 bits per heavy atom. The van der Waals surface area contributed by atoms with Crippen molar-refractivity contribution < 1.29 is 20.1 Å². The number of rotatable bonds is 4. The van der Waals surface area contributed by atoms with Gasteiger partial charge in [0.05, 0.1) is 30.1 Å². The van der Waals surface area contributed by atoms with Gasteiger partial charge in [-0.05, 0) is 24.6 Å². The zero-order valence-corrected chi connectivity index (χ0v) is 15.9. The van der Waals surface area contributed by atoms with Crippen LogP contribution in [-0.2, 0) is 23.5 Å². The first kappa shape index (κ1) is 20.0. The summed E-state index contributed by atoms with van der Waals surface area (Å²) < 4.78 is 1.46. The Hall–Kier alpha value is -2.74. The summed E-state index contributed by atoms with van der Waals surface area (Å²) in [5.41, 5.74) is -0.341. The third kappa shape index (κ3) is 2.71. The summed E-state index contributed by atoms with van der Waals surface area (Å²) in [7, 11) is 0. The first-order valence-corrected chi connectivity index (χ1v) is 8.63. The fourth-order valence-electron chi connectivity index (χ4n) is 3.69. The number of aliphatic hydroxyl groups excluding tert-OH is 1. The van der Waals surface area contributed by atoms with Crippen LogP contribution < -0.4 is 5.56 Å². The minimum absolute atomic E-state index is 0. The molecule has 0 aliphatic carbocycles. The highest BCUT2D eigenvalue weighted by atomic mass is 35.5. The van der Waals surface area contributed by atoms with Crippen molar-refractivity contribution in [3.8, 4) is 11.4 Å². The molecule has 0 bridgehead atoms. The van der Waals surface area contributed by atoms with Crippen molar-refractivity contribution in [2.24, 2.45) is 0 Å². The maximum atomic E-state index is 12.9. The second-order valence-corrected chi connectivity index (χ2v) is 6.68.